The third-order valence-electron chi connectivity index (χ3n) is 5.72. The number of amides is 1. The van der Waals surface area contributed by atoms with Gasteiger partial charge in [0.1, 0.15) is 5.75 Å². The van der Waals surface area contributed by atoms with Gasteiger partial charge in [0.15, 0.2) is 0 Å². The molecule has 0 spiro atoms. The molecule has 2 N–H and O–H groups in total. The SMILES string of the molecule is COc1ccc(C2(CNC(=O)CCC3CCNC3)CCOCC2)cc1. The van der Waals surface area contributed by atoms with E-state index in [1.807, 2.05) is 12.1 Å². The van der Waals surface area contributed by atoms with E-state index in [9.17, 15) is 4.79 Å². The summed E-state index contributed by atoms with van der Waals surface area (Å²) < 4.78 is 10.8. The number of hydrogen-bond acceptors (Lipinski definition) is 4. The Kier molecular flexibility index (Phi) is 6.32. The summed E-state index contributed by atoms with van der Waals surface area (Å²) in [5.41, 5.74) is 1.23. The first-order valence-corrected chi connectivity index (χ1v) is 9.41. The maximum Gasteiger partial charge on any atom is 0.220 e. The minimum atomic E-state index is -0.0326. The Labute approximate surface area is 150 Å². The molecule has 3 rings (SSSR count). The van der Waals surface area contributed by atoms with Crippen LogP contribution in [0.2, 0.25) is 0 Å². The van der Waals surface area contributed by atoms with E-state index in [1.165, 1.54) is 12.0 Å². The lowest BCUT2D eigenvalue weighted by molar-refractivity contribution is -0.121. The first-order valence-electron chi connectivity index (χ1n) is 9.41. The Balaban J connectivity index is 1.58. The van der Waals surface area contributed by atoms with Crippen LogP contribution in [0.15, 0.2) is 24.3 Å². The van der Waals surface area contributed by atoms with Gasteiger partial charge < -0.3 is 20.1 Å². The van der Waals surface area contributed by atoms with Crippen molar-refractivity contribution in [1.82, 2.24) is 10.6 Å². The molecule has 1 aromatic carbocycles. The molecule has 2 saturated heterocycles. The quantitative estimate of drug-likeness (QED) is 0.795. The molecule has 5 heteroatoms. The lowest BCUT2D eigenvalue weighted by Gasteiger charge is -2.38. The van der Waals surface area contributed by atoms with Crippen molar-refractivity contribution in [2.24, 2.45) is 5.92 Å². The van der Waals surface area contributed by atoms with Crippen molar-refractivity contribution < 1.29 is 14.3 Å². The average molecular weight is 346 g/mol. The number of rotatable bonds is 7. The van der Waals surface area contributed by atoms with E-state index in [1.54, 1.807) is 7.11 Å². The largest absolute Gasteiger partial charge is 0.497 e. The Bertz CT molecular complexity index is 547. The summed E-state index contributed by atoms with van der Waals surface area (Å²) in [6.07, 6.45) is 4.68. The molecule has 0 saturated carbocycles. The zero-order valence-corrected chi connectivity index (χ0v) is 15.2. The van der Waals surface area contributed by atoms with Crippen molar-refractivity contribution in [3.05, 3.63) is 29.8 Å². The highest BCUT2D eigenvalue weighted by atomic mass is 16.5. The molecule has 1 unspecified atom stereocenters. The molecular weight excluding hydrogens is 316 g/mol. The van der Waals surface area contributed by atoms with E-state index in [-0.39, 0.29) is 11.3 Å². The Morgan fingerprint density at radius 2 is 2.08 bits per heavy atom. The summed E-state index contributed by atoms with van der Waals surface area (Å²) in [5, 5.41) is 6.56. The summed E-state index contributed by atoms with van der Waals surface area (Å²) in [7, 11) is 1.68. The summed E-state index contributed by atoms with van der Waals surface area (Å²) in [6, 6.07) is 8.25. The zero-order valence-electron chi connectivity index (χ0n) is 15.2. The molecular formula is C20H30N2O3. The van der Waals surface area contributed by atoms with Crippen LogP contribution in [0.4, 0.5) is 0 Å². The van der Waals surface area contributed by atoms with E-state index in [2.05, 4.69) is 22.8 Å². The molecule has 1 aromatic rings. The summed E-state index contributed by atoms with van der Waals surface area (Å²) in [4.78, 5) is 12.3. The van der Waals surface area contributed by atoms with Crippen LogP contribution in [0, 0.1) is 5.92 Å². The highest BCUT2D eigenvalue weighted by molar-refractivity contribution is 5.76. The monoisotopic (exact) mass is 346 g/mol. The second kappa shape index (κ2) is 8.68. The van der Waals surface area contributed by atoms with Crippen LogP contribution in [0.25, 0.3) is 0 Å². The Hall–Kier alpha value is -1.59. The topological polar surface area (TPSA) is 59.6 Å². The summed E-state index contributed by atoms with van der Waals surface area (Å²) in [6.45, 7) is 4.32. The molecule has 2 heterocycles. The maximum atomic E-state index is 12.3. The fourth-order valence-corrected chi connectivity index (χ4v) is 3.93. The van der Waals surface area contributed by atoms with E-state index in [0.29, 0.717) is 18.9 Å². The molecule has 2 aliphatic heterocycles. The van der Waals surface area contributed by atoms with Gasteiger partial charge in [-0.25, -0.2) is 0 Å². The highest BCUT2D eigenvalue weighted by Crippen LogP contribution is 2.35. The van der Waals surface area contributed by atoms with Crippen LogP contribution in [0.5, 0.6) is 5.75 Å². The van der Waals surface area contributed by atoms with Crippen LogP contribution in [0.1, 0.15) is 37.7 Å². The average Bonchev–Trinajstić information content (AvgIpc) is 3.19. The highest BCUT2D eigenvalue weighted by Gasteiger charge is 2.34. The number of carbonyl (C=O) groups excluding carboxylic acids is 1. The third-order valence-corrected chi connectivity index (χ3v) is 5.72. The first-order chi connectivity index (χ1) is 12.2. The van der Waals surface area contributed by atoms with Gasteiger partial charge >= 0.3 is 0 Å². The van der Waals surface area contributed by atoms with Gasteiger partial charge in [-0.2, -0.15) is 0 Å². The van der Waals surface area contributed by atoms with Gasteiger partial charge in [0, 0.05) is 31.6 Å². The van der Waals surface area contributed by atoms with E-state index < -0.39 is 0 Å². The standard InChI is InChI=1S/C20H30N2O3/c1-24-18-5-3-17(4-6-18)20(9-12-25-13-10-20)15-22-19(23)7-2-16-8-11-21-14-16/h3-6,16,21H,2,7-15H2,1H3,(H,22,23). The van der Waals surface area contributed by atoms with E-state index in [0.717, 1.165) is 51.3 Å². The minimum absolute atomic E-state index is 0.0326. The lowest BCUT2D eigenvalue weighted by Crippen LogP contribution is -2.44. The summed E-state index contributed by atoms with van der Waals surface area (Å²) >= 11 is 0. The molecule has 0 aliphatic carbocycles. The van der Waals surface area contributed by atoms with Gasteiger partial charge in [-0.15, -0.1) is 0 Å². The number of methoxy groups -OCH3 is 1. The molecule has 1 atom stereocenters. The van der Waals surface area contributed by atoms with E-state index in [4.69, 9.17) is 9.47 Å². The van der Waals surface area contributed by atoms with Crippen LogP contribution >= 0.6 is 0 Å². The number of nitrogens with one attached hydrogen (secondary N) is 2. The zero-order chi connectivity index (χ0) is 17.5. The van der Waals surface area contributed by atoms with Gasteiger partial charge in [-0.05, 0) is 62.4 Å². The second-order valence-electron chi connectivity index (χ2n) is 7.30. The van der Waals surface area contributed by atoms with Crippen molar-refractivity contribution in [2.45, 2.75) is 37.5 Å². The Morgan fingerprint density at radius 1 is 1.32 bits per heavy atom. The summed E-state index contributed by atoms with van der Waals surface area (Å²) in [5.74, 6) is 1.69. The van der Waals surface area contributed by atoms with Crippen LogP contribution in [-0.4, -0.2) is 45.9 Å². The smallest absolute Gasteiger partial charge is 0.220 e. The lowest BCUT2D eigenvalue weighted by atomic mass is 9.74. The van der Waals surface area contributed by atoms with Crippen molar-refractivity contribution in [3.63, 3.8) is 0 Å². The molecule has 0 bridgehead atoms. The number of benzene rings is 1. The van der Waals surface area contributed by atoms with Crippen molar-refractivity contribution in [2.75, 3.05) is 40.0 Å². The van der Waals surface area contributed by atoms with E-state index >= 15 is 0 Å². The van der Waals surface area contributed by atoms with Crippen molar-refractivity contribution in [1.29, 1.82) is 0 Å². The third kappa shape index (κ3) is 4.73. The van der Waals surface area contributed by atoms with Crippen LogP contribution < -0.4 is 15.4 Å². The molecule has 0 aromatic heterocycles. The fourth-order valence-electron chi connectivity index (χ4n) is 3.93. The predicted octanol–water partition coefficient (Wildman–Crippen LogP) is 2.25. The van der Waals surface area contributed by atoms with Gasteiger partial charge in [0.2, 0.25) is 5.91 Å². The molecule has 5 nitrogen and oxygen atoms in total. The molecule has 138 valence electrons. The molecule has 0 radical (unpaired) electrons. The number of hydrogen-bond donors (Lipinski definition) is 2. The van der Waals surface area contributed by atoms with Crippen LogP contribution in [-0.2, 0) is 14.9 Å². The van der Waals surface area contributed by atoms with Gasteiger partial charge in [0.05, 0.1) is 7.11 Å². The molecule has 2 aliphatic rings. The number of ether oxygens (including phenoxy) is 2. The molecule has 2 fully saturated rings. The Morgan fingerprint density at radius 3 is 2.72 bits per heavy atom. The van der Waals surface area contributed by atoms with Crippen molar-refractivity contribution >= 4 is 5.91 Å². The maximum absolute atomic E-state index is 12.3. The minimum Gasteiger partial charge on any atom is -0.497 e. The van der Waals surface area contributed by atoms with Crippen LogP contribution in [0.3, 0.4) is 0 Å². The fraction of sp³-hybridized carbons (Fsp3) is 0.650. The second-order valence-corrected chi connectivity index (χ2v) is 7.30. The first kappa shape index (κ1) is 18.2. The van der Waals surface area contributed by atoms with Crippen molar-refractivity contribution in [3.8, 4) is 5.75 Å². The predicted molar refractivity (Wildman–Crippen MR) is 97.9 cm³/mol. The number of carbonyl (C=O) groups is 1. The molecule has 1 amide bonds. The normalized spacial score (nSPS) is 22.5. The molecule has 25 heavy (non-hydrogen) atoms. The van der Waals surface area contributed by atoms with Gasteiger partial charge in [-0.1, -0.05) is 12.1 Å². The van der Waals surface area contributed by atoms with Gasteiger partial charge in [-0.3, -0.25) is 4.79 Å². The van der Waals surface area contributed by atoms with Gasteiger partial charge in [0.25, 0.3) is 0 Å².